The van der Waals surface area contributed by atoms with Gasteiger partial charge in [-0.2, -0.15) is 5.26 Å². The van der Waals surface area contributed by atoms with Crippen LogP contribution in [0, 0.1) is 11.3 Å². The Morgan fingerprint density at radius 3 is 3.05 bits per heavy atom. The van der Waals surface area contributed by atoms with Gasteiger partial charge in [0, 0.05) is 23.5 Å². The molecule has 21 heavy (non-hydrogen) atoms. The van der Waals surface area contributed by atoms with Gasteiger partial charge in [-0.1, -0.05) is 19.4 Å². The van der Waals surface area contributed by atoms with Gasteiger partial charge in [-0.3, -0.25) is 4.90 Å². The zero-order valence-corrected chi connectivity index (χ0v) is 13.5. The van der Waals surface area contributed by atoms with Crippen LogP contribution in [0.4, 0.5) is 5.69 Å². The standard InChI is InChI=1S/C17H23N3S/c1-2-21-17-8-5-6-14(13(17)12-18)19-15-9-11-20-10-4-3-7-16(15)20/h5-6,8,15-16,19H,2-4,7,9-11H2,1H3. The lowest BCUT2D eigenvalue weighted by Crippen LogP contribution is -2.41. The molecule has 2 fully saturated rings. The van der Waals surface area contributed by atoms with Crippen molar-refractivity contribution in [3.05, 3.63) is 23.8 Å². The zero-order valence-electron chi connectivity index (χ0n) is 12.6. The highest BCUT2D eigenvalue weighted by atomic mass is 32.2. The van der Waals surface area contributed by atoms with E-state index in [4.69, 9.17) is 0 Å². The summed E-state index contributed by atoms with van der Waals surface area (Å²) >= 11 is 1.75. The minimum atomic E-state index is 0.499. The van der Waals surface area contributed by atoms with Crippen molar-refractivity contribution in [1.29, 1.82) is 5.26 Å². The fourth-order valence-corrected chi connectivity index (χ4v) is 4.44. The van der Waals surface area contributed by atoms with Gasteiger partial charge in [-0.15, -0.1) is 11.8 Å². The molecule has 3 rings (SSSR count). The van der Waals surface area contributed by atoms with Gasteiger partial charge in [0.05, 0.1) is 11.3 Å². The van der Waals surface area contributed by atoms with E-state index in [-0.39, 0.29) is 0 Å². The topological polar surface area (TPSA) is 39.1 Å². The smallest absolute Gasteiger partial charge is 0.102 e. The first kappa shape index (κ1) is 14.7. The van der Waals surface area contributed by atoms with Crippen LogP contribution in [0.3, 0.4) is 0 Å². The first-order valence-corrected chi connectivity index (χ1v) is 8.98. The molecule has 1 aromatic carbocycles. The molecule has 0 bridgehead atoms. The Bertz CT molecular complexity index is 537. The number of hydrogen-bond donors (Lipinski definition) is 1. The van der Waals surface area contributed by atoms with Gasteiger partial charge in [-0.05, 0) is 43.7 Å². The van der Waals surface area contributed by atoms with Gasteiger partial charge in [0.2, 0.25) is 0 Å². The molecule has 0 spiro atoms. The minimum absolute atomic E-state index is 0.499. The highest BCUT2D eigenvalue weighted by Gasteiger charge is 2.35. The van der Waals surface area contributed by atoms with E-state index in [1.165, 1.54) is 38.8 Å². The summed E-state index contributed by atoms with van der Waals surface area (Å²) in [5.74, 6) is 0.998. The monoisotopic (exact) mass is 301 g/mol. The number of piperidine rings is 1. The van der Waals surface area contributed by atoms with Gasteiger partial charge in [0.1, 0.15) is 6.07 Å². The number of rotatable bonds is 4. The summed E-state index contributed by atoms with van der Waals surface area (Å²) in [7, 11) is 0. The second kappa shape index (κ2) is 6.72. The van der Waals surface area contributed by atoms with Crippen molar-refractivity contribution in [2.75, 3.05) is 24.2 Å². The number of nitrogens with one attached hydrogen (secondary N) is 1. The van der Waals surface area contributed by atoms with Crippen LogP contribution in [0.5, 0.6) is 0 Å². The largest absolute Gasteiger partial charge is 0.380 e. The summed E-state index contributed by atoms with van der Waals surface area (Å²) in [6.07, 6.45) is 5.18. The molecule has 2 aliphatic heterocycles. The molecule has 1 N–H and O–H groups in total. The Morgan fingerprint density at radius 1 is 1.33 bits per heavy atom. The fraction of sp³-hybridized carbons (Fsp3) is 0.588. The highest BCUT2D eigenvalue weighted by Crippen LogP contribution is 2.32. The zero-order chi connectivity index (χ0) is 14.7. The second-order valence-corrected chi connectivity index (χ2v) is 7.17. The van der Waals surface area contributed by atoms with E-state index < -0.39 is 0 Å². The summed E-state index contributed by atoms with van der Waals surface area (Å²) in [5, 5.41) is 13.2. The lowest BCUT2D eigenvalue weighted by Gasteiger charge is -2.33. The van der Waals surface area contributed by atoms with Crippen LogP contribution in [0.1, 0.15) is 38.2 Å². The molecule has 2 unspecified atom stereocenters. The molecule has 0 saturated carbocycles. The third-order valence-electron chi connectivity index (χ3n) is 4.63. The van der Waals surface area contributed by atoms with Crippen LogP contribution >= 0.6 is 11.8 Å². The summed E-state index contributed by atoms with van der Waals surface area (Å²) < 4.78 is 0. The molecule has 0 radical (unpaired) electrons. The number of nitrogens with zero attached hydrogens (tertiary/aromatic N) is 2. The Balaban J connectivity index is 1.78. The van der Waals surface area contributed by atoms with E-state index in [2.05, 4.69) is 41.4 Å². The van der Waals surface area contributed by atoms with E-state index in [1.807, 2.05) is 0 Å². The van der Waals surface area contributed by atoms with Gasteiger partial charge in [0.25, 0.3) is 0 Å². The fourth-order valence-electron chi connectivity index (χ4n) is 3.66. The molecule has 2 saturated heterocycles. The summed E-state index contributed by atoms with van der Waals surface area (Å²) in [4.78, 5) is 3.72. The third-order valence-corrected chi connectivity index (χ3v) is 5.57. The molecule has 0 aromatic heterocycles. The Hall–Kier alpha value is -1.18. The molecule has 0 amide bonds. The van der Waals surface area contributed by atoms with Crippen molar-refractivity contribution in [3.63, 3.8) is 0 Å². The van der Waals surface area contributed by atoms with Crippen molar-refractivity contribution < 1.29 is 0 Å². The molecular formula is C17H23N3S. The predicted molar refractivity (Wildman–Crippen MR) is 88.8 cm³/mol. The highest BCUT2D eigenvalue weighted by molar-refractivity contribution is 7.99. The minimum Gasteiger partial charge on any atom is -0.380 e. The molecule has 2 atom stereocenters. The van der Waals surface area contributed by atoms with Crippen molar-refractivity contribution in [3.8, 4) is 6.07 Å². The maximum atomic E-state index is 9.52. The first-order valence-electron chi connectivity index (χ1n) is 8.00. The van der Waals surface area contributed by atoms with E-state index in [1.54, 1.807) is 11.8 Å². The van der Waals surface area contributed by atoms with E-state index in [0.29, 0.717) is 12.1 Å². The average Bonchev–Trinajstić information content (AvgIpc) is 2.91. The van der Waals surface area contributed by atoms with Gasteiger partial charge >= 0.3 is 0 Å². The maximum absolute atomic E-state index is 9.52. The van der Waals surface area contributed by atoms with Crippen LogP contribution in [0.2, 0.25) is 0 Å². The van der Waals surface area contributed by atoms with Crippen LogP contribution < -0.4 is 5.32 Å². The number of hydrogen-bond acceptors (Lipinski definition) is 4. The number of anilines is 1. The lowest BCUT2D eigenvalue weighted by molar-refractivity contribution is 0.193. The molecule has 2 aliphatic rings. The van der Waals surface area contributed by atoms with Crippen LogP contribution in [-0.4, -0.2) is 35.8 Å². The number of benzene rings is 1. The van der Waals surface area contributed by atoms with E-state index >= 15 is 0 Å². The summed E-state index contributed by atoms with van der Waals surface area (Å²) in [5.41, 5.74) is 1.84. The van der Waals surface area contributed by atoms with Crippen molar-refractivity contribution >= 4 is 17.4 Å². The number of thioether (sulfide) groups is 1. The Morgan fingerprint density at radius 2 is 2.24 bits per heavy atom. The molecule has 2 heterocycles. The van der Waals surface area contributed by atoms with Crippen molar-refractivity contribution in [2.24, 2.45) is 0 Å². The predicted octanol–water partition coefficient (Wildman–Crippen LogP) is 3.71. The first-order chi connectivity index (χ1) is 10.3. The van der Waals surface area contributed by atoms with Gasteiger partial charge in [0.15, 0.2) is 0 Å². The quantitative estimate of drug-likeness (QED) is 0.861. The molecule has 3 nitrogen and oxygen atoms in total. The van der Waals surface area contributed by atoms with Crippen molar-refractivity contribution in [2.45, 2.75) is 49.6 Å². The molecular weight excluding hydrogens is 278 g/mol. The van der Waals surface area contributed by atoms with Crippen LogP contribution in [0.15, 0.2) is 23.1 Å². The second-order valence-electron chi connectivity index (χ2n) is 5.86. The third kappa shape index (κ3) is 3.04. The van der Waals surface area contributed by atoms with Gasteiger partial charge in [-0.25, -0.2) is 0 Å². The number of nitriles is 1. The van der Waals surface area contributed by atoms with Crippen LogP contribution in [0.25, 0.3) is 0 Å². The van der Waals surface area contributed by atoms with E-state index in [9.17, 15) is 5.26 Å². The van der Waals surface area contributed by atoms with E-state index in [0.717, 1.165) is 21.9 Å². The lowest BCUT2D eigenvalue weighted by atomic mass is 9.98. The molecule has 4 heteroatoms. The Kier molecular flexibility index (Phi) is 4.72. The normalized spacial score (nSPS) is 25.3. The molecule has 0 aliphatic carbocycles. The van der Waals surface area contributed by atoms with Crippen LogP contribution in [-0.2, 0) is 0 Å². The maximum Gasteiger partial charge on any atom is 0.102 e. The summed E-state index contributed by atoms with van der Waals surface area (Å²) in [6.45, 7) is 4.58. The SMILES string of the molecule is CCSc1cccc(NC2CCN3CCCCC23)c1C#N. The number of fused-ring (bicyclic) bond motifs is 1. The summed E-state index contributed by atoms with van der Waals surface area (Å²) in [6, 6.07) is 9.74. The Labute approximate surface area is 131 Å². The molecule has 1 aromatic rings. The van der Waals surface area contributed by atoms with Gasteiger partial charge < -0.3 is 5.32 Å². The van der Waals surface area contributed by atoms with Crippen molar-refractivity contribution in [1.82, 2.24) is 4.90 Å². The molecule has 112 valence electrons. The average molecular weight is 301 g/mol.